The highest BCUT2D eigenvalue weighted by Crippen LogP contribution is 2.13. The maximum Gasteiger partial charge on any atom is 0.326 e. The third-order valence-corrected chi connectivity index (χ3v) is 6.57. The molecule has 0 aromatic heterocycles. The van der Waals surface area contributed by atoms with Crippen molar-refractivity contribution in [3.05, 3.63) is 0 Å². The standard InChI is InChI=1S/C23H44N2O4.C6H15NO3/c1-2-3-4-5-6-7-8-9-10-11-12-13-14-15-16-17-22(27)25-20(23(28)29)18-19-21(24)26;8-4-1-7(2-5-9)3-6-10/h20H,2-19H2,1H3,(H2,24,26)(H,25,27)(H,28,29);8-10H,1-6H2/t20-;/m0./s1. The highest BCUT2D eigenvalue weighted by atomic mass is 16.4. The van der Waals surface area contributed by atoms with Gasteiger partial charge in [-0.25, -0.2) is 4.79 Å². The molecular weight excluding hydrogens is 502 g/mol. The molecule has 0 aliphatic rings. The van der Waals surface area contributed by atoms with Crippen molar-refractivity contribution in [3.63, 3.8) is 0 Å². The molecule has 0 saturated heterocycles. The maximum absolute atomic E-state index is 11.8. The van der Waals surface area contributed by atoms with Gasteiger partial charge in [0.15, 0.2) is 0 Å². The number of rotatable bonds is 27. The molecule has 1 atom stereocenters. The Hall–Kier alpha value is -1.75. The summed E-state index contributed by atoms with van der Waals surface area (Å²) in [6.45, 7) is 4.01. The first-order valence-corrected chi connectivity index (χ1v) is 15.2. The molecule has 0 heterocycles. The van der Waals surface area contributed by atoms with Crippen molar-refractivity contribution in [3.8, 4) is 0 Å². The second-order valence-corrected chi connectivity index (χ2v) is 10.2. The minimum atomic E-state index is -1.13. The molecule has 0 aliphatic heterocycles. The first-order chi connectivity index (χ1) is 18.8. The van der Waals surface area contributed by atoms with Crippen molar-refractivity contribution >= 4 is 17.8 Å². The van der Waals surface area contributed by atoms with Gasteiger partial charge in [-0.3, -0.25) is 14.5 Å². The molecule has 10 nitrogen and oxygen atoms in total. The molecule has 0 spiro atoms. The third kappa shape index (κ3) is 30.6. The smallest absolute Gasteiger partial charge is 0.326 e. The van der Waals surface area contributed by atoms with Crippen LogP contribution in [0, 0.1) is 0 Å². The minimum absolute atomic E-state index is 0.0370. The van der Waals surface area contributed by atoms with E-state index in [2.05, 4.69) is 12.2 Å². The molecule has 7 N–H and O–H groups in total. The number of nitrogens with one attached hydrogen (secondary N) is 1. The Morgan fingerprint density at radius 2 is 1.05 bits per heavy atom. The fraction of sp³-hybridized carbons (Fsp3) is 0.897. The fourth-order valence-corrected chi connectivity index (χ4v) is 4.23. The topological polar surface area (TPSA) is 173 Å². The SMILES string of the molecule is CCCCCCCCCCCCCCCCCC(=O)N[C@@H](CCC(N)=O)C(=O)O.OCCN(CCO)CCO. The van der Waals surface area contributed by atoms with E-state index >= 15 is 0 Å². The lowest BCUT2D eigenvalue weighted by atomic mass is 10.0. The average molecular weight is 562 g/mol. The predicted molar refractivity (Wildman–Crippen MR) is 155 cm³/mol. The number of amides is 2. The number of carboxylic acids is 1. The molecule has 0 radical (unpaired) electrons. The Morgan fingerprint density at radius 3 is 1.38 bits per heavy atom. The predicted octanol–water partition coefficient (Wildman–Crippen LogP) is 3.35. The first-order valence-electron chi connectivity index (χ1n) is 15.2. The molecule has 0 aromatic rings. The number of hydrogen-bond donors (Lipinski definition) is 6. The number of hydrogen-bond acceptors (Lipinski definition) is 7. The van der Waals surface area contributed by atoms with E-state index in [0.717, 1.165) is 19.3 Å². The lowest BCUT2D eigenvalue weighted by Crippen LogP contribution is -2.41. The fourth-order valence-electron chi connectivity index (χ4n) is 4.23. The number of aliphatic carboxylic acids is 1. The molecule has 0 rings (SSSR count). The molecule has 232 valence electrons. The van der Waals surface area contributed by atoms with Gasteiger partial charge >= 0.3 is 5.97 Å². The van der Waals surface area contributed by atoms with Gasteiger partial charge in [-0.1, -0.05) is 96.8 Å². The molecule has 0 aromatic carbocycles. The van der Waals surface area contributed by atoms with Gasteiger partial charge in [-0.15, -0.1) is 0 Å². The Kier molecular flexibility index (Phi) is 31.1. The number of nitrogens with zero attached hydrogens (tertiary/aromatic N) is 1. The number of unbranched alkanes of at least 4 members (excludes halogenated alkanes) is 14. The number of aliphatic hydroxyl groups excluding tert-OH is 3. The molecule has 0 bridgehead atoms. The van der Waals surface area contributed by atoms with Gasteiger partial charge in [0.05, 0.1) is 19.8 Å². The van der Waals surface area contributed by atoms with E-state index in [-0.39, 0.29) is 38.6 Å². The van der Waals surface area contributed by atoms with Crippen LogP contribution in [-0.2, 0) is 14.4 Å². The van der Waals surface area contributed by atoms with E-state index in [9.17, 15) is 14.4 Å². The van der Waals surface area contributed by atoms with Crippen molar-refractivity contribution < 1.29 is 34.8 Å². The van der Waals surface area contributed by atoms with Gasteiger partial charge < -0.3 is 31.5 Å². The van der Waals surface area contributed by atoms with Gasteiger partial charge in [0.25, 0.3) is 0 Å². The van der Waals surface area contributed by atoms with Crippen LogP contribution in [0.15, 0.2) is 0 Å². The van der Waals surface area contributed by atoms with E-state index in [1.54, 1.807) is 4.90 Å². The second-order valence-electron chi connectivity index (χ2n) is 10.2. The van der Waals surface area contributed by atoms with Gasteiger partial charge in [-0.05, 0) is 12.8 Å². The van der Waals surface area contributed by atoms with E-state index in [1.807, 2.05) is 0 Å². The Bertz CT molecular complexity index is 565. The van der Waals surface area contributed by atoms with Gasteiger partial charge in [-0.2, -0.15) is 0 Å². The Morgan fingerprint density at radius 1 is 0.667 bits per heavy atom. The number of aliphatic hydroxyl groups is 3. The zero-order chi connectivity index (χ0) is 29.6. The van der Waals surface area contributed by atoms with Crippen LogP contribution in [0.2, 0.25) is 0 Å². The van der Waals surface area contributed by atoms with Crippen LogP contribution in [0.25, 0.3) is 0 Å². The first kappa shape index (κ1) is 39.4. The summed E-state index contributed by atoms with van der Waals surface area (Å²) in [7, 11) is 0. The third-order valence-electron chi connectivity index (χ3n) is 6.57. The van der Waals surface area contributed by atoms with Crippen LogP contribution < -0.4 is 11.1 Å². The summed E-state index contributed by atoms with van der Waals surface area (Å²) in [6, 6.07) is -1.04. The van der Waals surface area contributed by atoms with Crippen LogP contribution in [0.3, 0.4) is 0 Å². The number of carbonyl (C=O) groups is 3. The highest BCUT2D eigenvalue weighted by molar-refractivity contribution is 5.84. The summed E-state index contributed by atoms with van der Waals surface area (Å²) in [5.74, 6) is -1.96. The lowest BCUT2D eigenvalue weighted by Gasteiger charge is -2.17. The second kappa shape index (κ2) is 30.8. The Labute approximate surface area is 236 Å². The quantitative estimate of drug-likeness (QED) is 0.0828. The largest absolute Gasteiger partial charge is 0.480 e. The number of carbonyl (C=O) groups excluding carboxylic acids is 2. The van der Waals surface area contributed by atoms with E-state index in [0.29, 0.717) is 26.1 Å². The number of nitrogens with two attached hydrogens (primary N) is 1. The summed E-state index contributed by atoms with van der Waals surface area (Å²) >= 11 is 0. The van der Waals surface area contributed by atoms with Crippen LogP contribution in [0.5, 0.6) is 0 Å². The Balaban J connectivity index is 0. The van der Waals surface area contributed by atoms with Crippen molar-refractivity contribution in [1.82, 2.24) is 10.2 Å². The lowest BCUT2D eigenvalue weighted by molar-refractivity contribution is -0.142. The molecule has 10 heteroatoms. The van der Waals surface area contributed by atoms with E-state index in [1.165, 1.54) is 77.0 Å². The van der Waals surface area contributed by atoms with Crippen molar-refractivity contribution in [2.75, 3.05) is 39.5 Å². The maximum atomic E-state index is 11.8. The van der Waals surface area contributed by atoms with Crippen LogP contribution in [0.1, 0.15) is 122 Å². The average Bonchev–Trinajstić information content (AvgIpc) is 2.89. The summed E-state index contributed by atoms with van der Waals surface area (Å²) in [5, 5.41) is 37.0. The zero-order valence-electron chi connectivity index (χ0n) is 24.6. The molecule has 39 heavy (non-hydrogen) atoms. The van der Waals surface area contributed by atoms with Crippen molar-refractivity contribution in [2.45, 2.75) is 129 Å². The summed E-state index contributed by atoms with van der Waals surface area (Å²) in [6.07, 6.45) is 19.3. The summed E-state index contributed by atoms with van der Waals surface area (Å²) in [4.78, 5) is 35.5. The van der Waals surface area contributed by atoms with Gasteiger partial charge in [0.2, 0.25) is 11.8 Å². The van der Waals surface area contributed by atoms with Gasteiger partial charge in [0, 0.05) is 32.5 Å². The number of primary amides is 1. The molecule has 0 fully saturated rings. The number of carboxylic acid groups (broad SMARTS) is 1. The zero-order valence-corrected chi connectivity index (χ0v) is 24.6. The molecule has 2 amide bonds. The summed E-state index contributed by atoms with van der Waals surface area (Å²) < 4.78 is 0. The highest BCUT2D eigenvalue weighted by Gasteiger charge is 2.20. The normalized spacial score (nSPS) is 11.6. The molecule has 0 unspecified atom stereocenters. The van der Waals surface area contributed by atoms with Crippen LogP contribution in [0.4, 0.5) is 0 Å². The van der Waals surface area contributed by atoms with Crippen LogP contribution in [-0.4, -0.2) is 88.6 Å². The van der Waals surface area contributed by atoms with Crippen molar-refractivity contribution in [1.29, 1.82) is 0 Å². The summed E-state index contributed by atoms with van der Waals surface area (Å²) in [5.41, 5.74) is 5.03. The van der Waals surface area contributed by atoms with Crippen LogP contribution >= 0.6 is 0 Å². The monoisotopic (exact) mass is 561 g/mol. The van der Waals surface area contributed by atoms with Crippen molar-refractivity contribution in [2.24, 2.45) is 5.73 Å². The van der Waals surface area contributed by atoms with Gasteiger partial charge in [0.1, 0.15) is 6.04 Å². The minimum Gasteiger partial charge on any atom is -0.480 e. The van der Waals surface area contributed by atoms with E-state index < -0.39 is 17.9 Å². The molecule has 0 aliphatic carbocycles. The molecule has 0 saturated carbocycles. The van der Waals surface area contributed by atoms with E-state index in [4.69, 9.17) is 26.2 Å². The molecular formula is C29H59N3O7.